The predicted octanol–water partition coefficient (Wildman–Crippen LogP) is 9.12. The van der Waals surface area contributed by atoms with Gasteiger partial charge in [-0.3, -0.25) is 0 Å². The number of halogens is 9. The van der Waals surface area contributed by atoms with Gasteiger partial charge in [-0.05, 0) is 59.3 Å². The number of hydrogen-bond donors (Lipinski definition) is 1. The van der Waals surface area contributed by atoms with Crippen molar-refractivity contribution < 1.29 is 57.2 Å². The molecular formula is C35H19F9N6O4S. The Morgan fingerprint density at radius 3 is 1.45 bits per heavy atom. The molecule has 20 heteroatoms. The van der Waals surface area contributed by atoms with Gasteiger partial charge in [0.25, 0.3) is 0 Å². The van der Waals surface area contributed by atoms with Crippen molar-refractivity contribution in [3.05, 3.63) is 120 Å². The van der Waals surface area contributed by atoms with Crippen molar-refractivity contribution in [2.75, 3.05) is 0 Å². The molecule has 0 aliphatic rings. The zero-order valence-corrected chi connectivity index (χ0v) is 27.9. The third kappa shape index (κ3) is 7.14. The Labute approximate surface area is 301 Å². The number of rotatable bonds is 4. The van der Waals surface area contributed by atoms with Gasteiger partial charge >= 0.3 is 28.0 Å². The highest BCUT2D eigenvalue weighted by atomic mass is 32.2. The number of benzene rings is 6. The first-order valence-electron chi connectivity index (χ1n) is 15.4. The molecule has 0 saturated carbocycles. The number of phenols is 1. The van der Waals surface area contributed by atoms with E-state index in [4.69, 9.17) is 0 Å². The maximum atomic E-state index is 13.0. The van der Waals surface area contributed by atoms with Crippen LogP contribution in [0.15, 0.2) is 109 Å². The molecule has 0 spiro atoms. The molecule has 2 aromatic heterocycles. The fourth-order valence-electron chi connectivity index (χ4n) is 5.51. The Morgan fingerprint density at radius 1 is 0.527 bits per heavy atom. The van der Waals surface area contributed by atoms with Crippen LogP contribution in [0.25, 0.3) is 55.0 Å². The topological polar surface area (TPSA) is 125 Å². The van der Waals surface area contributed by atoms with Crippen molar-refractivity contribution in [3.8, 4) is 22.9 Å². The fourth-order valence-corrected chi connectivity index (χ4v) is 5.98. The molecule has 8 aromatic rings. The second kappa shape index (κ2) is 13.1. The van der Waals surface area contributed by atoms with E-state index in [1.165, 1.54) is 35.1 Å². The molecule has 282 valence electrons. The third-order valence-corrected chi connectivity index (χ3v) is 9.01. The fraction of sp³-hybridized carbons (Fsp3) is 0.0857. The van der Waals surface area contributed by atoms with Gasteiger partial charge in [0, 0.05) is 10.8 Å². The van der Waals surface area contributed by atoms with Gasteiger partial charge in [-0.1, -0.05) is 60.7 Å². The van der Waals surface area contributed by atoms with Gasteiger partial charge in [0.2, 0.25) is 0 Å². The molecule has 1 N–H and O–H groups in total. The predicted molar refractivity (Wildman–Crippen MR) is 180 cm³/mol. The van der Waals surface area contributed by atoms with Crippen molar-refractivity contribution in [2.24, 2.45) is 0 Å². The van der Waals surface area contributed by atoms with E-state index < -0.39 is 44.9 Å². The summed E-state index contributed by atoms with van der Waals surface area (Å²) < 4.78 is 143. The highest BCUT2D eigenvalue weighted by Gasteiger charge is 2.49. The van der Waals surface area contributed by atoms with Crippen LogP contribution in [0.1, 0.15) is 11.1 Å². The first kappa shape index (κ1) is 36.9. The summed E-state index contributed by atoms with van der Waals surface area (Å²) in [5.41, 5.74) is -7.20. The lowest BCUT2D eigenvalue weighted by Crippen LogP contribution is -2.28. The average Bonchev–Trinajstić information content (AvgIpc) is 3.74. The monoisotopic (exact) mass is 790 g/mol. The molecule has 2 heterocycles. The van der Waals surface area contributed by atoms with E-state index in [2.05, 4.69) is 24.6 Å². The number of aromatic nitrogens is 6. The van der Waals surface area contributed by atoms with Crippen LogP contribution < -0.4 is 4.18 Å². The molecule has 10 nitrogen and oxygen atoms in total. The molecule has 0 aliphatic carbocycles. The molecule has 8 rings (SSSR count). The number of nitrogens with zero attached hydrogens (tertiary/aromatic N) is 6. The normalized spacial score (nSPS) is 12.7. The average molecular weight is 791 g/mol. The second-order valence-electron chi connectivity index (χ2n) is 11.7. The summed E-state index contributed by atoms with van der Waals surface area (Å²) >= 11 is 0. The Kier molecular flexibility index (Phi) is 8.82. The van der Waals surface area contributed by atoms with Crippen molar-refractivity contribution in [3.63, 3.8) is 0 Å². The van der Waals surface area contributed by atoms with Crippen molar-refractivity contribution >= 4 is 53.7 Å². The lowest BCUT2D eigenvalue weighted by molar-refractivity contribution is -0.138. The zero-order valence-electron chi connectivity index (χ0n) is 27.1. The van der Waals surface area contributed by atoms with E-state index in [0.29, 0.717) is 22.0 Å². The largest absolute Gasteiger partial charge is 0.534 e. The Hall–Kier alpha value is -6.44. The highest BCUT2D eigenvalue weighted by molar-refractivity contribution is 7.88. The summed E-state index contributed by atoms with van der Waals surface area (Å²) in [6.45, 7) is 0. The molecular weight excluding hydrogens is 771 g/mol. The molecule has 0 radical (unpaired) electrons. The van der Waals surface area contributed by atoms with E-state index in [-0.39, 0.29) is 33.4 Å². The highest BCUT2D eigenvalue weighted by Crippen LogP contribution is 2.37. The number of aromatic hydroxyl groups is 1. The molecule has 0 aliphatic heterocycles. The van der Waals surface area contributed by atoms with Crippen molar-refractivity contribution in [1.82, 2.24) is 30.0 Å². The zero-order chi connectivity index (χ0) is 39.5. The van der Waals surface area contributed by atoms with Crippen LogP contribution in [0.4, 0.5) is 39.5 Å². The molecule has 0 fully saturated rings. The van der Waals surface area contributed by atoms with Gasteiger partial charge in [-0.15, -0.1) is 30.0 Å². The van der Waals surface area contributed by atoms with Crippen LogP contribution >= 0.6 is 0 Å². The summed E-state index contributed by atoms with van der Waals surface area (Å²) in [5, 5.41) is 28.7. The molecule has 6 aromatic carbocycles. The summed E-state index contributed by atoms with van der Waals surface area (Å²) in [6.07, 6.45) is -9.09. The van der Waals surface area contributed by atoms with Gasteiger partial charge in [-0.2, -0.15) is 47.9 Å². The quantitative estimate of drug-likeness (QED) is 0.106. The van der Waals surface area contributed by atoms with Crippen LogP contribution in [-0.4, -0.2) is 49.0 Å². The lowest BCUT2D eigenvalue weighted by Gasteiger charge is -2.14. The maximum Gasteiger partial charge on any atom is 0.534 e. The Morgan fingerprint density at radius 2 is 0.964 bits per heavy atom. The molecule has 55 heavy (non-hydrogen) atoms. The Balaban J connectivity index is 0.000000174. The smallest absolute Gasteiger partial charge is 0.506 e. The van der Waals surface area contributed by atoms with E-state index >= 15 is 0 Å². The maximum absolute atomic E-state index is 13.0. The Bertz CT molecular complexity index is 2870. The van der Waals surface area contributed by atoms with Gasteiger partial charge in [0.1, 0.15) is 39.2 Å². The van der Waals surface area contributed by atoms with Crippen LogP contribution in [0.3, 0.4) is 0 Å². The number of fused-ring (bicyclic) bond motifs is 4. The van der Waals surface area contributed by atoms with E-state index in [1.807, 2.05) is 12.1 Å². The van der Waals surface area contributed by atoms with Crippen LogP contribution in [0, 0.1) is 0 Å². The van der Waals surface area contributed by atoms with E-state index in [9.17, 15) is 53.0 Å². The van der Waals surface area contributed by atoms with Gasteiger partial charge in [0.15, 0.2) is 5.75 Å². The molecule has 0 unspecified atom stereocenters. The number of phenolic OH excluding ortho intramolecular Hbond substituents is 1. The van der Waals surface area contributed by atoms with Crippen molar-refractivity contribution in [1.29, 1.82) is 0 Å². The molecule has 0 amide bonds. The molecule has 0 bridgehead atoms. The van der Waals surface area contributed by atoms with Crippen LogP contribution in [0.5, 0.6) is 11.5 Å². The van der Waals surface area contributed by atoms with Crippen LogP contribution in [-0.2, 0) is 22.5 Å². The van der Waals surface area contributed by atoms with Gasteiger partial charge < -0.3 is 9.29 Å². The van der Waals surface area contributed by atoms with E-state index in [0.717, 1.165) is 46.6 Å². The first-order valence-corrected chi connectivity index (χ1v) is 16.8. The number of hydrogen-bond acceptors (Lipinski definition) is 8. The summed E-state index contributed by atoms with van der Waals surface area (Å²) in [7, 11) is -6.02. The minimum atomic E-state index is -6.02. The summed E-state index contributed by atoms with van der Waals surface area (Å²) in [5.74, 6) is -0.794. The minimum absolute atomic E-state index is 0.00515. The standard InChI is InChI=1S/C18H9F6N3O3S.C17H10F3N3O/c19-17(20,21)11-6-7-13-14(9-11)26-27(25-13)16-12-4-2-1-3-10(12)5-8-15(16)30-31(28,29)18(22,23)24;18-17(19,20)11-6-7-13-14(9-11)22-23(21-13)16-12-4-2-1-3-10(12)5-8-15(16)24/h1-9H;1-9,24H. The number of alkyl halides is 9. The van der Waals surface area contributed by atoms with Gasteiger partial charge in [-0.25, -0.2) is 0 Å². The summed E-state index contributed by atoms with van der Waals surface area (Å²) in [6, 6.07) is 24.8. The minimum Gasteiger partial charge on any atom is -0.506 e. The summed E-state index contributed by atoms with van der Waals surface area (Å²) in [4.78, 5) is 1.91. The van der Waals surface area contributed by atoms with Gasteiger partial charge in [0.05, 0.1) is 11.1 Å². The third-order valence-electron chi connectivity index (χ3n) is 8.04. The van der Waals surface area contributed by atoms with Crippen LogP contribution in [0.2, 0.25) is 0 Å². The second-order valence-corrected chi connectivity index (χ2v) is 13.2. The SMILES string of the molecule is O=S(=O)(Oc1ccc2ccccc2c1-n1nc2ccc(C(F)(F)F)cc2n1)C(F)(F)F.Oc1ccc2ccccc2c1-n1nc2ccc(C(F)(F)F)cc2n1. The van der Waals surface area contributed by atoms with Crippen molar-refractivity contribution in [2.45, 2.75) is 17.9 Å². The lowest BCUT2D eigenvalue weighted by atomic mass is 10.1. The first-order chi connectivity index (χ1) is 25.8. The molecule has 0 saturated heterocycles. The molecule has 0 atom stereocenters. The van der Waals surface area contributed by atoms with E-state index in [1.54, 1.807) is 30.3 Å².